The Morgan fingerprint density at radius 1 is 0.974 bits per heavy atom. The predicted molar refractivity (Wildman–Crippen MR) is 151 cm³/mol. The third-order valence-electron chi connectivity index (χ3n) is 6.27. The zero-order valence-electron chi connectivity index (χ0n) is 22.2. The van der Waals surface area contributed by atoms with Gasteiger partial charge in [-0.2, -0.15) is 0 Å². The molecule has 0 fully saturated rings. The number of halogens is 2. The van der Waals surface area contributed by atoms with E-state index in [-0.39, 0.29) is 23.0 Å². The van der Waals surface area contributed by atoms with E-state index in [1.807, 2.05) is 13.8 Å². The Kier molecular flexibility index (Phi) is 10.5. The lowest BCUT2D eigenvalue weighted by Gasteiger charge is -2.32. The van der Waals surface area contributed by atoms with Crippen LogP contribution in [0.4, 0.5) is 10.1 Å². The molecule has 10 heteroatoms. The summed E-state index contributed by atoms with van der Waals surface area (Å²) in [4.78, 5) is 28.1. The fourth-order valence-electron chi connectivity index (χ4n) is 3.88. The first-order valence-corrected chi connectivity index (χ1v) is 14.5. The van der Waals surface area contributed by atoms with Crippen molar-refractivity contribution < 1.29 is 22.4 Å². The number of benzene rings is 3. The number of carbonyl (C=O) groups is 2. The Balaban J connectivity index is 1.98. The molecule has 0 saturated heterocycles. The van der Waals surface area contributed by atoms with Crippen molar-refractivity contribution in [2.24, 2.45) is 0 Å². The monoisotopic (exact) mass is 573 g/mol. The van der Waals surface area contributed by atoms with Gasteiger partial charge < -0.3 is 10.2 Å². The maximum atomic E-state index is 13.8. The number of hydrogen-bond acceptors (Lipinski definition) is 4. The predicted octanol–water partition coefficient (Wildman–Crippen LogP) is 5.32. The molecule has 0 unspecified atom stereocenters. The minimum absolute atomic E-state index is 0.0134. The SMILES string of the molecule is CCCCNC(=O)[C@H](C)N(Cc1ccc(F)cc1)C(=O)CN(c1ccc(Cl)cc1)S(=O)(=O)c1ccc(C)cc1. The third-order valence-corrected chi connectivity index (χ3v) is 8.31. The van der Waals surface area contributed by atoms with Gasteiger partial charge in [-0.3, -0.25) is 13.9 Å². The summed E-state index contributed by atoms with van der Waals surface area (Å²) in [5.41, 5.74) is 1.73. The normalized spacial score (nSPS) is 12.0. The molecule has 0 spiro atoms. The lowest BCUT2D eigenvalue weighted by Crippen LogP contribution is -2.51. The Bertz CT molecular complexity index is 1370. The second-order valence-corrected chi connectivity index (χ2v) is 11.6. The summed E-state index contributed by atoms with van der Waals surface area (Å²) < 4.78 is 42.1. The fourth-order valence-corrected chi connectivity index (χ4v) is 5.42. The van der Waals surface area contributed by atoms with Gasteiger partial charge in [0.15, 0.2) is 0 Å². The van der Waals surface area contributed by atoms with Crippen molar-refractivity contribution in [3.8, 4) is 0 Å². The number of nitrogens with zero attached hydrogens (tertiary/aromatic N) is 2. The largest absolute Gasteiger partial charge is 0.354 e. The molecule has 3 rings (SSSR count). The van der Waals surface area contributed by atoms with E-state index in [0.29, 0.717) is 17.1 Å². The second-order valence-electron chi connectivity index (χ2n) is 9.27. The molecule has 7 nitrogen and oxygen atoms in total. The highest BCUT2D eigenvalue weighted by Gasteiger charge is 2.32. The van der Waals surface area contributed by atoms with Crippen LogP contribution in [-0.4, -0.2) is 44.3 Å². The van der Waals surface area contributed by atoms with E-state index < -0.39 is 34.3 Å². The van der Waals surface area contributed by atoms with E-state index in [0.717, 1.165) is 22.7 Å². The average Bonchev–Trinajstić information content (AvgIpc) is 2.91. The van der Waals surface area contributed by atoms with E-state index in [1.54, 1.807) is 31.2 Å². The Labute approximate surface area is 234 Å². The van der Waals surface area contributed by atoms with E-state index in [4.69, 9.17) is 11.6 Å². The molecule has 0 aliphatic carbocycles. The summed E-state index contributed by atoms with van der Waals surface area (Å²) >= 11 is 6.04. The Morgan fingerprint density at radius 2 is 1.59 bits per heavy atom. The zero-order valence-corrected chi connectivity index (χ0v) is 23.8. The maximum Gasteiger partial charge on any atom is 0.264 e. The van der Waals surface area contributed by atoms with Crippen molar-refractivity contribution in [3.05, 3.63) is 94.8 Å². The molecule has 0 aromatic heterocycles. The van der Waals surface area contributed by atoms with Crippen molar-refractivity contribution >= 4 is 39.1 Å². The Morgan fingerprint density at radius 3 is 2.18 bits per heavy atom. The van der Waals surface area contributed by atoms with Crippen molar-refractivity contribution in [1.82, 2.24) is 10.2 Å². The van der Waals surface area contributed by atoms with Gasteiger partial charge in [0, 0.05) is 18.1 Å². The molecule has 1 atom stereocenters. The molecule has 0 aliphatic heterocycles. The molecule has 39 heavy (non-hydrogen) atoms. The zero-order chi connectivity index (χ0) is 28.6. The minimum atomic E-state index is -4.16. The van der Waals surface area contributed by atoms with Crippen molar-refractivity contribution in [1.29, 1.82) is 0 Å². The van der Waals surface area contributed by atoms with E-state index in [9.17, 15) is 22.4 Å². The highest BCUT2D eigenvalue weighted by Crippen LogP contribution is 2.26. The molecule has 0 aliphatic rings. The van der Waals surface area contributed by atoms with E-state index in [1.165, 1.54) is 53.4 Å². The van der Waals surface area contributed by atoms with Crippen LogP contribution in [0, 0.1) is 12.7 Å². The smallest absolute Gasteiger partial charge is 0.264 e. The summed E-state index contributed by atoms with van der Waals surface area (Å²) in [6.07, 6.45) is 1.67. The second kappa shape index (κ2) is 13.6. The topological polar surface area (TPSA) is 86.8 Å². The Hall–Kier alpha value is -3.43. The lowest BCUT2D eigenvalue weighted by atomic mass is 10.1. The molecule has 2 amide bonds. The maximum absolute atomic E-state index is 13.8. The molecular formula is C29H33ClFN3O4S. The van der Waals surface area contributed by atoms with Gasteiger partial charge in [0.25, 0.3) is 10.0 Å². The highest BCUT2D eigenvalue weighted by molar-refractivity contribution is 7.92. The third kappa shape index (κ3) is 8.03. The van der Waals surface area contributed by atoms with Crippen LogP contribution in [0.15, 0.2) is 77.7 Å². The van der Waals surface area contributed by atoms with Crippen molar-refractivity contribution in [3.63, 3.8) is 0 Å². The lowest BCUT2D eigenvalue weighted by molar-refractivity contribution is -0.139. The number of anilines is 1. The van der Waals surface area contributed by atoms with Crippen LogP contribution in [-0.2, 0) is 26.2 Å². The summed E-state index contributed by atoms with van der Waals surface area (Å²) in [7, 11) is -4.16. The highest BCUT2D eigenvalue weighted by atomic mass is 35.5. The van der Waals surface area contributed by atoms with Crippen LogP contribution in [0.5, 0.6) is 0 Å². The number of aryl methyl sites for hydroxylation is 1. The van der Waals surface area contributed by atoms with Gasteiger partial charge in [-0.15, -0.1) is 0 Å². The number of carbonyl (C=O) groups excluding carboxylic acids is 2. The first-order valence-electron chi connectivity index (χ1n) is 12.7. The van der Waals surface area contributed by atoms with E-state index in [2.05, 4.69) is 5.32 Å². The number of sulfonamides is 1. The molecular weight excluding hydrogens is 541 g/mol. The molecule has 0 heterocycles. The minimum Gasteiger partial charge on any atom is -0.354 e. The van der Waals surface area contributed by atoms with Crippen LogP contribution < -0.4 is 9.62 Å². The van der Waals surface area contributed by atoms with Gasteiger partial charge >= 0.3 is 0 Å². The first kappa shape index (κ1) is 30.1. The number of hydrogen-bond donors (Lipinski definition) is 1. The van der Waals surface area contributed by atoms with Gasteiger partial charge in [0.05, 0.1) is 10.6 Å². The number of unbranched alkanes of at least 4 members (excludes halogenated alkanes) is 1. The molecule has 0 bridgehead atoms. The molecule has 1 N–H and O–H groups in total. The van der Waals surface area contributed by atoms with Gasteiger partial charge in [-0.05, 0) is 74.4 Å². The standard InChI is InChI=1S/C29H33ClFN3O4S/c1-4-5-18-32-29(36)22(3)33(19-23-8-12-25(31)13-9-23)28(35)20-34(26-14-10-24(30)11-15-26)39(37,38)27-16-6-21(2)7-17-27/h6-17,22H,4-5,18-20H2,1-3H3,(H,32,36)/t22-/m0/s1. The number of amides is 2. The summed E-state index contributed by atoms with van der Waals surface area (Å²) in [5.74, 6) is -1.39. The molecule has 3 aromatic carbocycles. The summed E-state index contributed by atoms with van der Waals surface area (Å²) in [6.45, 7) is 5.31. The number of nitrogens with one attached hydrogen (secondary N) is 1. The number of rotatable bonds is 12. The quantitative estimate of drug-likeness (QED) is 0.297. The van der Waals surface area contributed by atoms with Crippen LogP contribution in [0.1, 0.15) is 37.8 Å². The van der Waals surface area contributed by atoms with Crippen LogP contribution in [0.2, 0.25) is 5.02 Å². The molecule has 3 aromatic rings. The molecule has 208 valence electrons. The van der Waals surface area contributed by atoms with Crippen LogP contribution in [0.25, 0.3) is 0 Å². The molecule has 0 radical (unpaired) electrons. The van der Waals surface area contributed by atoms with E-state index >= 15 is 0 Å². The van der Waals surface area contributed by atoms with Crippen molar-refractivity contribution in [2.45, 2.75) is 51.1 Å². The average molecular weight is 574 g/mol. The van der Waals surface area contributed by atoms with Crippen LogP contribution in [0.3, 0.4) is 0 Å². The summed E-state index contributed by atoms with van der Waals surface area (Å²) in [6, 6.07) is 17.1. The van der Waals surface area contributed by atoms with Crippen LogP contribution >= 0.6 is 11.6 Å². The van der Waals surface area contributed by atoms with Gasteiger partial charge in [-0.1, -0.05) is 54.8 Å². The van der Waals surface area contributed by atoms with Gasteiger partial charge in [0.2, 0.25) is 11.8 Å². The summed E-state index contributed by atoms with van der Waals surface area (Å²) in [5, 5.41) is 3.24. The molecule has 0 saturated carbocycles. The fraction of sp³-hybridized carbons (Fsp3) is 0.310. The van der Waals surface area contributed by atoms with Crippen molar-refractivity contribution in [2.75, 3.05) is 17.4 Å². The first-order chi connectivity index (χ1) is 18.5. The van der Waals surface area contributed by atoms with Gasteiger partial charge in [0.1, 0.15) is 18.4 Å². The van der Waals surface area contributed by atoms with Gasteiger partial charge in [-0.25, -0.2) is 12.8 Å².